The van der Waals surface area contributed by atoms with Crippen molar-refractivity contribution in [3.8, 4) is 62.1 Å². The maximum atomic E-state index is 5.13. The summed E-state index contributed by atoms with van der Waals surface area (Å²) in [6.45, 7) is 0. The molecule has 280 valence electrons. The zero-order valence-corrected chi connectivity index (χ0v) is 33.1. The van der Waals surface area contributed by atoms with Crippen LogP contribution in [0.2, 0.25) is 0 Å². The molecule has 4 nitrogen and oxygen atoms in total. The fourth-order valence-corrected chi connectivity index (χ4v) is 9.94. The minimum atomic E-state index is 0.656. The Bertz CT molecular complexity index is 3530. The van der Waals surface area contributed by atoms with Crippen LogP contribution >= 0.6 is 11.3 Å². The van der Waals surface area contributed by atoms with E-state index < -0.39 is 0 Å². The Morgan fingerprint density at radius 2 is 0.867 bits per heavy atom. The summed E-state index contributed by atoms with van der Waals surface area (Å²) < 4.78 is 4.82. The molecule has 0 spiro atoms. The van der Waals surface area contributed by atoms with Gasteiger partial charge in [0.05, 0.1) is 11.0 Å². The number of thiophene rings is 1. The van der Waals surface area contributed by atoms with Crippen molar-refractivity contribution >= 4 is 64.1 Å². The Balaban J connectivity index is 1.05. The van der Waals surface area contributed by atoms with Crippen molar-refractivity contribution in [3.63, 3.8) is 0 Å². The van der Waals surface area contributed by atoms with Crippen LogP contribution in [0.3, 0.4) is 0 Å². The maximum absolute atomic E-state index is 5.13. The standard InChI is InChI=1S/C55H34N4S/c1-4-15-36(16-5-1)53-56-54(37-17-6-2-7-18-37)58-55(57-53)44-24-13-25-51-52(44)47-33-39(28-31-50(47)60-51)38-26-29-48-45(32-38)46-34-40(43-23-12-19-35-14-10-11-22-42(35)43)27-30-49(46)59(48)41-20-8-3-9-21-41/h1-34H. The summed E-state index contributed by atoms with van der Waals surface area (Å²) in [6.07, 6.45) is 0. The first kappa shape index (κ1) is 34.3. The monoisotopic (exact) mass is 782 g/mol. The normalized spacial score (nSPS) is 11.7. The molecule has 12 rings (SSSR count). The van der Waals surface area contributed by atoms with Crippen molar-refractivity contribution in [3.05, 3.63) is 206 Å². The lowest BCUT2D eigenvalue weighted by Crippen LogP contribution is -2.00. The number of benzene rings is 9. The molecule has 0 fully saturated rings. The van der Waals surface area contributed by atoms with Crippen LogP contribution < -0.4 is 0 Å². The second kappa shape index (κ2) is 14.0. The average molecular weight is 783 g/mol. The van der Waals surface area contributed by atoms with Gasteiger partial charge in [-0.2, -0.15) is 0 Å². The lowest BCUT2D eigenvalue weighted by molar-refractivity contribution is 1.08. The summed E-state index contributed by atoms with van der Waals surface area (Å²) in [5.74, 6) is 1.97. The van der Waals surface area contributed by atoms with Crippen LogP contribution in [0.15, 0.2) is 206 Å². The highest BCUT2D eigenvalue weighted by Crippen LogP contribution is 2.43. The molecule has 12 aromatic rings. The Morgan fingerprint density at radius 3 is 1.58 bits per heavy atom. The van der Waals surface area contributed by atoms with Gasteiger partial charge in [0.15, 0.2) is 17.5 Å². The minimum absolute atomic E-state index is 0.656. The highest BCUT2D eigenvalue weighted by Gasteiger charge is 2.19. The van der Waals surface area contributed by atoms with Gasteiger partial charge in [-0.05, 0) is 87.6 Å². The molecule has 0 amide bonds. The van der Waals surface area contributed by atoms with Crippen LogP contribution in [0, 0.1) is 0 Å². The molecule has 0 unspecified atom stereocenters. The van der Waals surface area contributed by atoms with Crippen molar-refractivity contribution in [1.29, 1.82) is 0 Å². The molecule has 0 aliphatic carbocycles. The zero-order chi connectivity index (χ0) is 39.6. The summed E-state index contributed by atoms with van der Waals surface area (Å²) >= 11 is 1.81. The quantitative estimate of drug-likeness (QED) is 0.169. The van der Waals surface area contributed by atoms with E-state index in [0.717, 1.165) is 33.3 Å². The minimum Gasteiger partial charge on any atom is -0.309 e. The Labute approximate surface area is 350 Å². The number of nitrogens with zero attached hydrogens (tertiary/aromatic N) is 4. The van der Waals surface area contributed by atoms with E-state index in [1.807, 2.05) is 36.4 Å². The molecule has 3 aromatic heterocycles. The number of fused-ring (bicyclic) bond motifs is 7. The number of para-hydroxylation sites is 1. The van der Waals surface area contributed by atoms with Crippen molar-refractivity contribution in [1.82, 2.24) is 19.5 Å². The predicted octanol–water partition coefficient (Wildman–Crippen LogP) is 14.8. The van der Waals surface area contributed by atoms with Crippen molar-refractivity contribution in [2.45, 2.75) is 0 Å². The molecule has 0 N–H and O–H groups in total. The Kier molecular flexibility index (Phi) is 8.00. The second-order valence-corrected chi connectivity index (χ2v) is 16.3. The summed E-state index contributed by atoms with van der Waals surface area (Å²) in [5, 5.41) is 7.29. The zero-order valence-electron chi connectivity index (χ0n) is 32.3. The summed E-state index contributed by atoms with van der Waals surface area (Å²) in [6, 6.07) is 73.5. The molecular weight excluding hydrogens is 749 g/mol. The fourth-order valence-electron chi connectivity index (χ4n) is 8.82. The second-order valence-electron chi connectivity index (χ2n) is 15.2. The molecule has 0 saturated heterocycles. The van der Waals surface area contributed by atoms with Gasteiger partial charge in [-0.25, -0.2) is 15.0 Å². The number of hydrogen-bond acceptors (Lipinski definition) is 4. The highest BCUT2D eigenvalue weighted by atomic mass is 32.1. The van der Waals surface area contributed by atoms with Crippen LogP contribution in [-0.2, 0) is 0 Å². The van der Waals surface area contributed by atoms with E-state index >= 15 is 0 Å². The summed E-state index contributed by atoms with van der Waals surface area (Å²) in [7, 11) is 0. The van der Waals surface area contributed by atoms with Crippen LogP contribution in [0.5, 0.6) is 0 Å². The smallest absolute Gasteiger partial charge is 0.164 e. The number of aromatic nitrogens is 4. The van der Waals surface area contributed by atoms with E-state index in [1.54, 1.807) is 11.3 Å². The van der Waals surface area contributed by atoms with Gasteiger partial charge in [0, 0.05) is 53.3 Å². The van der Waals surface area contributed by atoms with Gasteiger partial charge in [0.25, 0.3) is 0 Å². The molecule has 0 bridgehead atoms. The topological polar surface area (TPSA) is 43.6 Å². The predicted molar refractivity (Wildman–Crippen MR) is 252 cm³/mol. The van der Waals surface area contributed by atoms with Gasteiger partial charge in [-0.3, -0.25) is 0 Å². The van der Waals surface area contributed by atoms with Crippen LogP contribution in [0.1, 0.15) is 0 Å². The van der Waals surface area contributed by atoms with Gasteiger partial charge in [-0.15, -0.1) is 11.3 Å². The third-order valence-corrected chi connectivity index (χ3v) is 12.8. The summed E-state index contributed by atoms with van der Waals surface area (Å²) in [5.41, 5.74) is 11.2. The number of hydrogen-bond donors (Lipinski definition) is 0. The van der Waals surface area contributed by atoms with E-state index in [-0.39, 0.29) is 0 Å². The third kappa shape index (κ3) is 5.70. The molecule has 0 aliphatic rings. The molecule has 60 heavy (non-hydrogen) atoms. The Morgan fingerprint density at radius 1 is 0.333 bits per heavy atom. The molecule has 5 heteroatoms. The van der Waals surface area contributed by atoms with Gasteiger partial charge in [0.1, 0.15) is 0 Å². The van der Waals surface area contributed by atoms with Gasteiger partial charge in [0.2, 0.25) is 0 Å². The van der Waals surface area contributed by atoms with Crippen molar-refractivity contribution < 1.29 is 0 Å². The summed E-state index contributed by atoms with van der Waals surface area (Å²) in [4.78, 5) is 15.2. The molecule has 0 atom stereocenters. The first-order valence-electron chi connectivity index (χ1n) is 20.2. The third-order valence-electron chi connectivity index (χ3n) is 11.6. The first-order chi connectivity index (χ1) is 29.7. The van der Waals surface area contributed by atoms with Crippen molar-refractivity contribution in [2.75, 3.05) is 0 Å². The van der Waals surface area contributed by atoms with Crippen LogP contribution in [-0.4, -0.2) is 19.5 Å². The van der Waals surface area contributed by atoms with Gasteiger partial charge >= 0.3 is 0 Å². The molecular formula is C55H34N4S. The van der Waals surface area contributed by atoms with E-state index in [1.165, 1.54) is 64.1 Å². The lowest BCUT2D eigenvalue weighted by atomic mass is 9.96. The lowest BCUT2D eigenvalue weighted by Gasteiger charge is -2.10. The molecule has 0 aliphatic heterocycles. The molecule has 9 aromatic carbocycles. The first-order valence-corrected chi connectivity index (χ1v) is 21.0. The SMILES string of the molecule is c1ccc(-c2nc(-c3ccccc3)nc(-c3cccc4sc5ccc(-c6ccc7c(c6)c6cc(-c8cccc9ccccc89)ccc6n7-c6ccccc6)cc5c34)n2)cc1. The van der Waals surface area contributed by atoms with Crippen molar-refractivity contribution in [2.24, 2.45) is 0 Å². The Hall–Kier alpha value is -7.73. The highest BCUT2D eigenvalue weighted by molar-refractivity contribution is 7.26. The van der Waals surface area contributed by atoms with E-state index in [0.29, 0.717) is 17.5 Å². The molecule has 3 heterocycles. The largest absolute Gasteiger partial charge is 0.309 e. The number of rotatable bonds is 6. The fraction of sp³-hybridized carbons (Fsp3) is 0. The van der Waals surface area contributed by atoms with Crippen LogP contribution in [0.25, 0.3) is 115 Å². The average Bonchev–Trinajstić information content (AvgIpc) is 3.87. The van der Waals surface area contributed by atoms with Gasteiger partial charge in [-0.1, -0.05) is 152 Å². The molecule has 0 radical (unpaired) electrons. The maximum Gasteiger partial charge on any atom is 0.164 e. The van der Waals surface area contributed by atoms with E-state index in [2.05, 4.69) is 174 Å². The van der Waals surface area contributed by atoms with E-state index in [4.69, 9.17) is 15.0 Å². The van der Waals surface area contributed by atoms with Gasteiger partial charge < -0.3 is 4.57 Å². The van der Waals surface area contributed by atoms with E-state index in [9.17, 15) is 0 Å². The van der Waals surface area contributed by atoms with Crippen LogP contribution in [0.4, 0.5) is 0 Å². The molecule has 0 saturated carbocycles.